The van der Waals surface area contributed by atoms with Gasteiger partial charge in [0.1, 0.15) is 0 Å². The molecule has 1 saturated heterocycles. The number of rotatable bonds is 4. The van der Waals surface area contributed by atoms with Crippen molar-refractivity contribution in [3.63, 3.8) is 0 Å². The monoisotopic (exact) mass is 321 g/mol. The molecule has 20 heavy (non-hydrogen) atoms. The van der Waals surface area contributed by atoms with Crippen molar-refractivity contribution >= 4 is 36.0 Å². The van der Waals surface area contributed by atoms with Crippen molar-refractivity contribution in [1.29, 1.82) is 0 Å². The molecule has 0 spiro atoms. The molecule has 0 radical (unpaired) electrons. The molecule has 7 heteroatoms. The Hall–Kier alpha value is -0.460. The number of carbonyl (C=O) groups excluding carboxylic acids is 2. The third-order valence-electron chi connectivity index (χ3n) is 3.87. The number of nitrogens with one attached hydrogen (secondary N) is 2. The lowest BCUT2D eigenvalue weighted by atomic mass is 9.85. The first-order valence-electron chi connectivity index (χ1n) is 7.05. The van der Waals surface area contributed by atoms with Crippen LogP contribution in [0.1, 0.15) is 32.1 Å². The molecule has 116 valence electrons. The molecule has 2 aliphatic rings. The average molecular weight is 322 g/mol. The molecule has 2 fully saturated rings. The van der Waals surface area contributed by atoms with E-state index in [2.05, 4.69) is 10.6 Å². The lowest BCUT2D eigenvalue weighted by molar-refractivity contribution is -0.125. The van der Waals surface area contributed by atoms with E-state index in [9.17, 15) is 9.59 Å². The molecule has 0 aromatic heterocycles. The highest BCUT2D eigenvalue weighted by Gasteiger charge is 2.27. The summed E-state index contributed by atoms with van der Waals surface area (Å²) >= 11 is 1.89. The molecule has 2 amide bonds. The van der Waals surface area contributed by atoms with E-state index in [4.69, 9.17) is 5.73 Å². The maximum atomic E-state index is 12.0. The van der Waals surface area contributed by atoms with Crippen LogP contribution in [-0.2, 0) is 9.59 Å². The standard InChI is InChI=1S/C13H23N3O2S.ClH/c14-13(18)9-2-1-3-10(6-9)16-12(17)7-11-8-19-5-4-15-11;/h9-11,15H,1-8H2,(H2,14,18)(H,16,17);1H. The first-order valence-corrected chi connectivity index (χ1v) is 8.20. The Balaban J connectivity index is 0.00000200. The van der Waals surface area contributed by atoms with Crippen molar-refractivity contribution in [2.45, 2.75) is 44.2 Å². The number of halogens is 1. The van der Waals surface area contributed by atoms with Crippen molar-refractivity contribution in [1.82, 2.24) is 10.6 Å². The minimum absolute atomic E-state index is 0. The van der Waals surface area contributed by atoms with E-state index in [1.54, 1.807) is 0 Å². The SMILES string of the molecule is Cl.NC(=O)C1CCCC(NC(=O)CC2CSCCN2)C1. The largest absolute Gasteiger partial charge is 0.369 e. The van der Waals surface area contributed by atoms with Gasteiger partial charge < -0.3 is 16.4 Å². The van der Waals surface area contributed by atoms with Gasteiger partial charge in [0.15, 0.2) is 0 Å². The summed E-state index contributed by atoms with van der Waals surface area (Å²) in [5.74, 6) is 1.92. The van der Waals surface area contributed by atoms with E-state index >= 15 is 0 Å². The summed E-state index contributed by atoms with van der Waals surface area (Å²) < 4.78 is 0. The summed E-state index contributed by atoms with van der Waals surface area (Å²) in [5.41, 5.74) is 5.35. The second kappa shape index (κ2) is 8.74. The maximum Gasteiger partial charge on any atom is 0.221 e. The number of thioether (sulfide) groups is 1. The number of carbonyl (C=O) groups is 2. The number of hydrogen-bond acceptors (Lipinski definition) is 4. The molecular formula is C13H24ClN3O2S. The van der Waals surface area contributed by atoms with Gasteiger partial charge in [-0.3, -0.25) is 9.59 Å². The third-order valence-corrected chi connectivity index (χ3v) is 5.00. The molecule has 3 unspecified atom stereocenters. The summed E-state index contributed by atoms with van der Waals surface area (Å²) in [7, 11) is 0. The van der Waals surface area contributed by atoms with Gasteiger partial charge in [-0.2, -0.15) is 11.8 Å². The number of hydrogen-bond donors (Lipinski definition) is 3. The van der Waals surface area contributed by atoms with Crippen LogP contribution in [0.4, 0.5) is 0 Å². The summed E-state index contributed by atoms with van der Waals surface area (Å²) in [6, 6.07) is 0.407. The van der Waals surface area contributed by atoms with Gasteiger partial charge in [-0.15, -0.1) is 12.4 Å². The molecule has 1 aliphatic carbocycles. The highest BCUT2D eigenvalue weighted by Crippen LogP contribution is 2.24. The second-order valence-corrected chi connectivity index (χ2v) is 6.61. The summed E-state index contributed by atoms with van der Waals surface area (Å²) in [5, 5.41) is 6.41. The summed E-state index contributed by atoms with van der Waals surface area (Å²) in [6.45, 7) is 0.982. The van der Waals surface area contributed by atoms with Crippen LogP contribution >= 0.6 is 24.2 Å². The Morgan fingerprint density at radius 2 is 2.15 bits per heavy atom. The van der Waals surface area contributed by atoms with Crippen LogP contribution in [0.15, 0.2) is 0 Å². The van der Waals surface area contributed by atoms with Crippen molar-refractivity contribution in [2.75, 3.05) is 18.1 Å². The lowest BCUT2D eigenvalue weighted by Gasteiger charge is -2.29. The van der Waals surface area contributed by atoms with E-state index in [0.29, 0.717) is 12.8 Å². The van der Waals surface area contributed by atoms with Gasteiger partial charge in [0.05, 0.1) is 0 Å². The molecular weight excluding hydrogens is 298 g/mol. The molecule has 3 atom stereocenters. The predicted molar refractivity (Wildman–Crippen MR) is 84.1 cm³/mol. The molecule has 5 nitrogen and oxygen atoms in total. The van der Waals surface area contributed by atoms with Gasteiger partial charge in [0, 0.05) is 42.5 Å². The molecule has 2 rings (SSSR count). The van der Waals surface area contributed by atoms with Crippen LogP contribution in [0.3, 0.4) is 0 Å². The van der Waals surface area contributed by atoms with Gasteiger partial charge in [-0.25, -0.2) is 0 Å². The van der Waals surface area contributed by atoms with Crippen molar-refractivity contribution < 1.29 is 9.59 Å². The molecule has 0 bridgehead atoms. The van der Waals surface area contributed by atoms with Gasteiger partial charge in [0.25, 0.3) is 0 Å². The third kappa shape index (κ3) is 5.50. The highest BCUT2D eigenvalue weighted by molar-refractivity contribution is 7.99. The zero-order chi connectivity index (χ0) is 13.7. The van der Waals surface area contributed by atoms with E-state index in [1.807, 2.05) is 11.8 Å². The van der Waals surface area contributed by atoms with Crippen LogP contribution in [-0.4, -0.2) is 41.9 Å². The van der Waals surface area contributed by atoms with Crippen molar-refractivity contribution in [3.05, 3.63) is 0 Å². The van der Waals surface area contributed by atoms with Gasteiger partial charge in [0.2, 0.25) is 11.8 Å². The molecule has 4 N–H and O–H groups in total. The van der Waals surface area contributed by atoms with Crippen LogP contribution in [0.5, 0.6) is 0 Å². The first-order chi connectivity index (χ1) is 9.15. The molecule has 1 heterocycles. The Morgan fingerprint density at radius 1 is 1.35 bits per heavy atom. The fourth-order valence-corrected chi connectivity index (χ4v) is 3.79. The van der Waals surface area contributed by atoms with Crippen molar-refractivity contribution in [3.8, 4) is 0 Å². The van der Waals surface area contributed by atoms with E-state index in [1.165, 1.54) is 0 Å². The van der Waals surface area contributed by atoms with Crippen molar-refractivity contribution in [2.24, 2.45) is 11.7 Å². The van der Waals surface area contributed by atoms with Crippen LogP contribution < -0.4 is 16.4 Å². The fraction of sp³-hybridized carbons (Fsp3) is 0.846. The van der Waals surface area contributed by atoms with Crippen LogP contribution in [0.25, 0.3) is 0 Å². The molecule has 0 aromatic rings. The van der Waals surface area contributed by atoms with Gasteiger partial charge in [-0.05, 0) is 19.3 Å². The number of primary amides is 1. The minimum atomic E-state index is -0.232. The fourth-order valence-electron chi connectivity index (χ4n) is 2.84. The minimum Gasteiger partial charge on any atom is -0.369 e. The number of amides is 2. The Bertz CT molecular complexity index is 338. The zero-order valence-electron chi connectivity index (χ0n) is 11.6. The van der Waals surface area contributed by atoms with E-state index in [0.717, 1.165) is 37.3 Å². The molecule has 1 aliphatic heterocycles. The van der Waals surface area contributed by atoms with Gasteiger partial charge in [-0.1, -0.05) is 6.42 Å². The average Bonchev–Trinajstić information content (AvgIpc) is 2.40. The summed E-state index contributed by atoms with van der Waals surface area (Å²) in [6.07, 6.45) is 4.03. The summed E-state index contributed by atoms with van der Waals surface area (Å²) in [4.78, 5) is 23.2. The Labute approximate surface area is 130 Å². The first kappa shape index (κ1) is 17.6. The lowest BCUT2D eigenvalue weighted by Crippen LogP contribution is -2.45. The molecule has 1 saturated carbocycles. The zero-order valence-corrected chi connectivity index (χ0v) is 13.2. The second-order valence-electron chi connectivity index (χ2n) is 5.46. The predicted octanol–water partition coefficient (Wildman–Crippen LogP) is 0.664. The Morgan fingerprint density at radius 3 is 2.80 bits per heavy atom. The van der Waals surface area contributed by atoms with E-state index in [-0.39, 0.29) is 42.2 Å². The number of nitrogens with two attached hydrogens (primary N) is 1. The topological polar surface area (TPSA) is 84.2 Å². The Kier molecular flexibility index (Phi) is 7.69. The van der Waals surface area contributed by atoms with Crippen LogP contribution in [0, 0.1) is 5.92 Å². The van der Waals surface area contributed by atoms with E-state index < -0.39 is 0 Å². The van der Waals surface area contributed by atoms with Crippen LogP contribution in [0.2, 0.25) is 0 Å². The normalized spacial score (nSPS) is 30.1. The maximum absolute atomic E-state index is 12.0. The smallest absolute Gasteiger partial charge is 0.221 e. The quantitative estimate of drug-likeness (QED) is 0.710. The molecule has 0 aromatic carbocycles. The highest BCUT2D eigenvalue weighted by atomic mass is 35.5. The van der Waals surface area contributed by atoms with Gasteiger partial charge >= 0.3 is 0 Å².